The quantitative estimate of drug-likeness (QED) is 0.656. The van der Waals surface area contributed by atoms with Crippen LogP contribution in [0.1, 0.15) is 0 Å². The van der Waals surface area contributed by atoms with Crippen LogP contribution < -0.4 is 5.73 Å². The summed E-state index contributed by atoms with van der Waals surface area (Å²) in [5.74, 6) is 0.380. The van der Waals surface area contributed by atoms with Gasteiger partial charge >= 0.3 is 0 Å². The summed E-state index contributed by atoms with van der Waals surface area (Å²) >= 11 is 5.88. The number of nitrogen functional groups attached to an aromatic ring is 1. The molecule has 1 aromatic carbocycles. The zero-order valence-corrected chi connectivity index (χ0v) is 8.73. The number of benzene rings is 1. The molecule has 0 saturated carbocycles. The number of rotatable bonds is 1. The van der Waals surface area contributed by atoms with E-state index in [1.54, 1.807) is 18.2 Å². The van der Waals surface area contributed by atoms with Crippen LogP contribution in [0.2, 0.25) is 5.02 Å². The summed E-state index contributed by atoms with van der Waals surface area (Å²) in [5.41, 5.74) is 7.85. The number of nitrogens with zero attached hydrogens (tertiary/aromatic N) is 2. The minimum atomic E-state index is 0.380. The molecule has 16 heavy (non-hydrogen) atoms. The molecule has 3 rings (SSSR count). The average Bonchev–Trinajstić information content (AvgIpc) is 2.86. The molecular weight excluding hydrogens is 230 g/mol. The van der Waals surface area contributed by atoms with Gasteiger partial charge in [-0.2, -0.15) is 0 Å². The van der Waals surface area contributed by atoms with Gasteiger partial charge in [0, 0.05) is 12.1 Å². The largest absolute Gasteiger partial charge is 0.435 e. The topological polar surface area (TPSA) is 78.1 Å². The van der Waals surface area contributed by atoms with E-state index in [1.165, 1.54) is 6.26 Å². The lowest BCUT2D eigenvalue weighted by molar-refractivity contribution is 0.419. The summed E-state index contributed by atoms with van der Waals surface area (Å²) < 4.78 is 10.2. The highest BCUT2D eigenvalue weighted by Gasteiger charge is 2.12. The predicted molar refractivity (Wildman–Crippen MR) is 58.9 cm³/mol. The molecule has 80 valence electrons. The van der Waals surface area contributed by atoms with Crippen LogP contribution >= 0.6 is 11.6 Å². The van der Waals surface area contributed by atoms with E-state index in [0.29, 0.717) is 33.4 Å². The van der Waals surface area contributed by atoms with Crippen LogP contribution in [0, 0.1) is 0 Å². The van der Waals surface area contributed by atoms with Crippen LogP contribution in [-0.2, 0) is 0 Å². The van der Waals surface area contributed by atoms with Gasteiger partial charge in [-0.15, -0.1) is 0 Å². The molecule has 0 saturated heterocycles. The van der Waals surface area contributed by atoms with E-state index in [2.05, 4.69) is 10.1 Å². The van der Waals surface area contributed by atoms with Gasteiger partial charge in [0.1, 0.15) is 11.8 Å². The second-order valence-electron chi connectivity index (χ2n) is 3.25. The van der Waals surface area contributed by atoms with Crippen molar-refractivity contribution in [1.29, 1.82) is 0 Å². The van der Waals surface area contributed by atoms with Gasteiger partial charge in [-0.05, 0) is 6.07 Å². The standard InChI is InChI=1S/C10H6ClN3O2/c11-5-3-8-9(4-6(5)12)16-10(13-8)7-1-2-15-14-7/h1-4H,12H2. The Morgan fingerprint density at radius 2 is 2.19 bits per heavy atom. The highest BCUT2D eigenvalue weighted by molar-refractivity contribution is 6.33. The van der Waals surface area contributed by atoms with Crippen molar-refractivity contribution >= 4 is 28.4 Å². The van der Waals surface area contributed by atoms with Crippen molar-refractivity contribution in [3.63, 3.8) is 0 Å². The highest BCUT2D eigenvalue weighted by Crippen LogP contribution is 2.28. The summed E-state index contributed by atoms with van der Waals surface area (Å²) in [5, 5.41) is 4.18. The van der Waals surface area contributed by atoms with Crippen molar-refractivity contribution in [2.75, 3.05) is 5.73 Å². The molecule has 2 aromatic heterocycles. The van der Waals surface area contributed by atoms with Gasteiger partial charge < -0.3 is 14.7 Å². The van der Waals surface area contributed by atoms with E-state index in [0.717, 1.165) is 0 Å². The van der Waals surface area contributed by atoms with Crippen LogP contribution in [0.15, 0.2) is 33.4 Å². The first kappa shape index (κ1) is 9.23. The molecule has 0 aliphatic rings. The van der Waals surface area contributed by atoms with Crippen molar-refractivity contribution in [3.8, 4) is 11.6 Å². The van der Waals surface area contributed by atoms with Crippen LogP contribution in [-0.4, -0.2) is 10.1 Å². The minimum absolute atomic E-state index is 0.380. The number of aromatic nitrogens is 2. The zero-order valence-electron chi connectivity index (χ0n) is 7.98. The van der Waals surface area contributed by atoms with Crippen molar-refractivity contribution in [2.45, 2.75) is 0 Å². The van der Waals surface area contributed by atoms with Gasteiger partial charge in [-0.3, -0.25) is 0 Å². The molecule has 0 unspecified atom stereocenters. The first-order valence-corrected chi connectivity index (χ1v) is 4.88. The van der Waals surface area contributed by atoms with E-state index >= 15 is 0 Å². The third kappa shape index (κ3) is 1.33. The third-order valence-corrected chi connectivity index (χ3v) is 2.49. The Hall–Kier alpha value is -2.01. The Labute approximate surface area is 94.8 Å². The molecule has 5 nitrogen and oxygen atoms in total. The second kappa shape index (κ2) is 3.24. The fourth-order valence-corrected chi connectivity index (χ4v) is 1.55. The molecular formula is C10H6ClN3O2. The third-order valence-electron chi connectivity index (χ3n) is 2.16. The molecule has 2 heterocycles. The van der Waals surface area contributed by atoms with E-state index in [9.17, 15) is 0 Å². The maximum atomic E-state index is 5.88. The second-order valence-corrected chi connectivity index (χ2v) is 3.65. The van der Waals surface area contributed by atoms with E-state index in [1.807, 2.05) is 0 Å². The van der Waals surface area contributed by atoms with Crippen LogP contribution in [0.4, 0.5) is 5.69 Å². The fraction of sp³-hybridized carbons (Fsp3) is 0. The average molecular weight is 236 g/mol. The maximum absolute atomic E-state index is 5.88. The zero-order chi connectivity index (χ0) is 11.1. The van der Waals surface area contributed by atoms with Crippen molar-refractivity contribution in [2.24, 2.45) is 0 Å². The van der Waals surface area contributed by atoms with Gasteiger partial charge in [0.15, 0.2) is 11.3 Å². The van der Waals surface area contributed by atoms with Gasteiger partial charge in [0.25, 0.3) is 0 Å². The van der Waals surface area contributed by atoms with Gasteiger partial charge in [0.05, 0.1) is 10.7 Å². The summed E-state index contributed by atoms with van der Waals surface area (Å²) in [6.45, 7) is 0. The van der Waals surface area contributed by atoms with Crippen molar-refractivity contribution in [1.82, 2.24) is 10.1 Å². The van der Waals surface area contributed by atoms with E-state index in [-0.39, 0.29) is 0 Å². The molecule has 0 atom stereocenters. The Balaban J connectivity index is 2.23. The molecule has 0 aliphatic carbocycles. The molecule has 0 aliphatic heterocycles. The summed E-state index contributed by atoms with van der Waals surface area (Å²) in [6.07, 6.45) is 1.45. The number of halogens is 1. The monoisotopic (exact) mass is 235 g/mol. The molecule has 0 amide bonds. The fourth-order valence-electron chi connectivity index (χ4n) is 1.40. The SMILES string of the molecule is Nc1cc2oc(-c3ccon3)nc2cc1Cl. The van der Waals surface area contributed by atoms with Gasteiger partial charge in [0.2, 0.25) is 5.89 Å². The Morgan fingerprint density at radius 1 is 1.31 bits per heavy atom. The van der Waals surface area contributed by atoms with Crippen LogP contribution in [0.5, 0.6) is 0 Å². The Morgan fingerprint density at radius 3 is 2.94 bits per heavy atom. The molecule has 0 bridgehead atoms. The minimum Gasteiger partial charge on any atom is -0.435 e. The first-order chi connectivity index (χ1) is 7.74. The first-order valence-electron chi connectivity index (χ1n) is 4.50. The number of hydrogen-bond acceptors (Lipinski definition) is 5. The molecule has 2 N–H and O–H groups in total. The molecule has 3 aromatic rings. The lowest BCUT2D eigenvalue weighted by Crippen LogP contribution is -1.84. The molecule has 0 fully saturated rings. The number of oxazole rings is 1. The Bertz CT molecular complexity index is 606. The van der Waals surface area contributed by atoms with E-state index < -0.39 is 0 Å². The lowest BCUT2D eigenvalue weighted by atomic mass is 10.3. The Kier molecular flexibility index (Phi) is 1.87. The van der Waals surface area contributed by atoms with Crippen molar-refractivity contribution < 1.29 is 8.94 Å². The van der Waals surface area contributed by atoms with Gasteiger partial charge in [-0.25, -0.2) is 4.98 Å². The summed E-state index contributed by atoms with van der Waals surface area (Å²) in [6, 6.07) is 4.95. The van der Waals surface area contributed by atoms with Crippen LogP contribution in [0.3, 0.4) is 0 Å². The summed E-state index contributed by atoms with van der Waals surface area (Å²) in [7, 11) is 0. The summed E-state index contributed by atoms with van der Waals surface area (Å²) in [4.78, 5) is 4.23. The van der Waals surface area contributed by atoms with Crippen molar-refractivity contribution in [3.05, 3.63) is 29.5 Å². The van der Waals surface area contributed by atoms with E-state index in [4.69, 9.17) is 26.3 Å². The highest BCUT2D eigenvalue weighted by atomic mass is 35.5. The maximum Gasteiger partial charge on any atom is 0.249 e. The number of fused-ring (bicyclic) bond motifs is 1. The molecule has 6 heteroatoms. The smallest absolute Gasteiger partial charge is 0.249 e. The molecule has 0 radical (unpaired) electrons. The number of nitrogens with two attached hydrogens (primary N) is 1. The molecule has 0 spiro atoms. The van der Waals surface area contributed by atoms with Crippen LogP contribution in [0.25, 0.3) is 22.7 Å². The number of hydrogen-bond donors (Lipinski definition) is 1. The lowest BCUT2D eigenvalue weighted by Gasteiger charge is -1.94. The predicted octanol–water partition coefficient (Wildman–Crippen LogP) is 2.72. The normalized spacial score (nSPS) is 11.1. The van der Waals surface area contributed by atoms with Gasteiger partial charge in [-0.1, -0.05) is 16.8 Å². The number of anilines is 1.